The van der Waals surface area contributed by atoms with Gasteiger partial charge in [0.05, 0.1) is 12.5 Å². The van der Waals surface area contributed by atoms with Crippen molar-refractivity contribution in [2.75, 3.05) is 0 Å². The molecule has 12 heavy (non-hydrogen) atoms. The molecule has 0 aliphatic rings. The van der Waals surface area contributed by atoms with Crippen molar-refractivity contribution in [3.05, 3.63) is 22.7 Å². The highest BCUT2D eigenvalue weighted by atomic mass is 79.9. The van der Waals surface area contributed by atoms with Crippen LogP contribution in [0.1, 0.15) is 0 Å². The van der Waals surface area contributed by atoms with E-state index >= 15 is 0 Å². The average Bonchev–Trinajstić information content (AvgIpc) is 1.92. The third kappa shape index (κ3) is 1.90. The van der Waals surface area contributed by atoms with E-state index in [0.29, 0.717) is 5.75 Å². The molecule has 0 unspecified atom stereocenters. The summed E-state index contributed by atoms with van der Waals surface area (Å²) in [6, 6.07) is 5.84. The van der Waals surface area contributed by atoms with E-state index in [4.69, 9.17) is 0 Å². The van der Waals surface area contributed by atoms with Crippen LogP contribution in [0.4, 0.5) is 0 Å². The average molecular weight is 245 g/mol. The predicted octanol–water partition coefficient (Wildman–Crippen LogP) is 2.70. The highest BCUT2D eigenvalue weighted by Gasteiger charge is 2.20. The van der Waals surface area contributed by atoms with E-state index in [1.807, 2.05) is 18.2 Å². The summed E-state index contributed by atoms with van der Waals surface area (Å²) in [6.45, 7) is 6.65. The van der Waals surface area contributed by atoms with Gasteiger partial charge in [-0.25, -0.2) is 0 Å². The Labute approximate surface area is 82.6 Å². The fourth-order valence-electron chi connectivity index (χ4n) is 1.12. The van der Waals surface area contributed by atoms with Gasteiger partial charge in [0.15, 0.2) is 0 Å². The van der Waals surface area contributed by atoms with Crippen molar-refractivity contribution in [2.45, 2.75) is 19.6 Å². The number of hydrogen-bond donors (Lipinski definition) is 1. The van der Waals surface area contributed by atoms with Crippen LogP contribution in [0.3, 0.4) is 0 Å². The second kappa shape index (κ2) is 3.22. The van der Waals surface area contributed by atoms with Gasteiger partial charge in [0.1, 0.15) is 5.75 Å². The topological polar surface area (TPSA) is 20.2 Å². The van der Waals surface area contributed by atoms with E-state index in [1.54, 1.807) is 0 Å². The fourth-order valence-corrected chi connectivity index (χ4v) is 3.11. The molecule has 0 saturated heterocycles. The number of phenolic OH excluding ortho intramolecular Hbond substituents is 1. The molecule has 0 aromatic heterocycles. The molecule has 0 bridgehead atoms. The largest absolute Gasteiger partial charge is 0.507 e. The Morgan fingerprint density at radius 1 is 1.25 bits per heavy atom. The van der Waals surface area contributed by atoms with Crippen LogP contribution >= 0.6 is 15.9 Å². The Balaban J connectivity index is 3.26. The lowest BCUT2D eigenvalue weighted by Crippen LogP contribution is -2.37. The number of aromatic hydroxyl groups is 1. The second-order valence-electron chi connectivity index (χ2n) is 3.89. The van der Waals surface area contributed by atoms with Crippen LogP contribution in [-0.4, -0.2) is 13.2 Å². The third-order valence-corrected chi connectivity index (χ3v) is 4.45. The lowest BCUT2D eigenvalue weighted by molar-refractivity contribution is 0.476. The molecule has 0 heterocycles. The maximum atomic E-state index is 9.72. The Morgan fingerprint density at radius 2 is 1.83 bits per heavy atom. The Bertz CT molecular complexity index is 291. The smallest absolute Gasteiger partial charge is 0.128 e. The zero-order valence-corrected chi connectivity index (χ0v) is 10.1. The number of rotatable bonds is 1. The van der Waals surface area contributed by atoms with Gasteiger partial charge in [-0.05, 0) is 27.2 Å². The van der Waals surface area contributed by atoms with Gasteiger partial charge in [-0.15, -0.1) is 0 Å². The predicted molar refractivity (Wildman–Crippen MR) is 58.8 cm³/mol. The SMILES string of the molecule is C[Si](C)(C)c1cccc(Br)c1O. The maximum absolute atomic E-state index is 9.72. The number of hydrogen-bond acceptors (Lipinski definition) is 1. The van der Waals surface area contributed by atoms with Gasteiger partial charge < -0.3 is 5.11 Å². The van der Waals surface area contributed by atoms with Gasteiger partial charge in [0, 0.05) is 0 Å². The van der Waals surface area contributed by atoms with E-state index in [0.717, 1.165) is 9.66 Å². The van der Waals surface area contributed by atoms with Gasteiger partial charge >= 0.3 is 0 Å². The molecule has 1 rings (SSSR count). The molecule has 0 amide bonds. The number of benzene rings is 1. The van der Waals surface area contributed by atoms with Crippen LogP contribution in [0, 0.1) is 0 Å². The van der Waals surface area contributed by atoms with E-state index in [1.165, 1.54) is 0 Å². The number of phenols is 1. The van der Waals surface area contributed by atoms with Crippen LogP contribution in [-0.2, 0) is 0 Å². The van der Waals surface area contributed by atoms with Gasteiger partial charge in [0.25, 0.3) is 0 Å². The summed E-state index contributed by atoms with van der Waals surface area (Å²) in [4.78, 5) is 0. The maximum Gasteiger partial charge on any atom is 0.128 e. The van der Waals surface area contributed by atoms with Gasteiger partial charge in [0.2, 0.25) is 0 Å². The first-order valence-electron chi connectivity index (χ1n) is 3.91. The summed E-state index contributed by atoms with van der Waals surface area (Å²) < 4.78 is 0.794. The van der Waals surface area contributed by atoms with Crippen molar-refractivity contribution in [1.82, 2.24) is 0 Å². The first-order chi connectivity index (χ1) is 5.43. The van der Waals surface area contributed by atoms with E-state index in [2.05, 4.69) is 35.6 Å². The lowest BCUT2D eigenvalue weighted by atomic mass is 10.3. The fraction of sp³-hybridized carbons (Fsp3) is 0.333. The molecule has 0 aliphatic carbocycles. The summed E-state index contributed by atoms with van der Waals surface area (Å²) in [5.41, 5.74) is 0. The highest BCUT2D eigenvalue weighted by Crippen LogP contribution is 2.23. The normalized spacial score (nSPS) is 11.7. The lowest BCUT2D eigenvalue weighted by Gasteiger charge is -2.18. The minimum Gasteiger partial charge on any atom is -0.507 e. The van der Waals surface area contributed by atoms with E-state index in [9.17, 15) is 5.11 Å². The van der Waals surface area contributed by atoms with E-state index in [-0.39, 0.29) is 0 Å². The zero-order chi connectivity index (χ0) is 9.35. The van der Waals surface area contributed by atoms with Gasteiger partial charge in [-0.2, -0.15) is 0 Å². The molecule has 0 atom stereocenters. The minimum atomic E-state index is -1.39. The first kappa shape index (κ1) is 9.80. The van der Waals surface area contributed by atoms with Crippen molar-refractivity contribution in [3.63, 3.8) is 0 Å². The number of halogens is 1. The minimum absolute atomic E-state index is 0.414. The third-order valence-electron chi connectivity index (χ3n) is 1.79. The molecule has 0 saturated carbocycles. The van der Waals surface area contributed by atoms with Crippen LogP contribution in [0.5, 0.6) is 5.75 Å². The number of para-hydroxylation sites is 1. The van der Waals surface area contributed by atoms with Crippen molar-refractivity contribution >= 4 is 29.2 Å². The van der Waals surface area contributed by atoms with Crippen molar-refractivity contribution in [2.24, 2.45) is 0 Å². The highest BCUT2D eigenvalue weighted by molar-refractivity contribution is 9.10. The molecule has 1 N–H and O–H groups in total. The Hall–Kier alpha value is -0.283. The molecule has 1 aromatic rings. The molecule has 0 spiro atoms. The van der Waals surface area contributed by atoms with Crippen LogP contribution in [0.15, 0.2) is 22.7 Å². The van der Waals surface area contributed by atoms with Crippen LogP contribution in [0.2, 0.25) is 19.6 Å². The molecule has 3 heteroatoms. The molecule has 1 nitrogen and oxygen atoms in total. The molecule has 0 aliphatic heterocycles. The second-order valence-corrected chi connectivity index (χ2v) is 9.78. The van der Waals surface area contributed by atoms with Crippen LogP contribution < -0.4 is 5.19 Å². The van der Waals surface area contributed by atoms with Crippen molar-refractivity contribution in [3.8, 4) is 5.75 Å². The molecular weight excluding hydrogens is 232 g/mol. The molecular formula is C9H13BrOSi. The van der Waals surface area contributed by atoms with Crippen molar-refractivity contribution in [1.29, 1.82) is 0 Å². The van der Waals surface area contributed by atoms with Gasteiger partial charge in [-0.3, -0.25) is 0 Å². The summed E-state index contributed by atoms with van der Waals surface area (Å²) >= 11 is 3.31. The summed E-state index contributed by atoms with van der Waals surface area (Å²) in [7, 11) is -1.39. The van der Waals surface area contributed by atoms with Crippen LogP contribution in [0.25, 0.3) is 0 Å². The Kier molecular flexibility index (Phi) is 2.63. The summed E-state index contributed by atoms with van der Waals surface area (Å²) in [5.74, 6) is 0.414. The quantitative estimate of drug-likeness (QED) is 0.754. The molecule has 0 fully saturated rings. The monoisotopic (exact) mass is 244 g/mol. The summed E-state index contributed by atoms with van der Waals surface area (Å²) in [6.07, 6.45) is 0. The first-order valence-corrected chi connectivity index (χ1v) is 8.20. The van der Waals surface area contributed by atoms with E-state index < -0.39 is 8.07 Å². The van der Waals surface area contributed by atoms with Crippen molar-refractivity contribution < 1.29 is 5.11 Å². The molecule has 1 aromatic carbocycles. The molecule has 0 radical (unpaired) electrons. The standard InChI is InChI=1S/C9H13BrOSi/c1-12(2,3)8-6-4-5-7(10)9(8)11/h4-6,11H,1-3H3. The molecule has 66 valence electrons. The zero-order valence-electron chi connectivity index (χ0n) is 7.56. The van der Waals surface area contributed by atoms with Gasteiger partial charge in [-0.1, -0.05) is 31.8 Å². The Morgan fingerprint density at radius 3 is 2.25 bits per heavy atom. The summed E-state index contributed by atoms with van der Waals surface area (Å²) in [5, 5.41) is 10.8.